The van der Waals surface area contributed by atoms with Crippen LogP contribution in [0.2, 0.25) is 0 Å². The highest BCUT2D eigenvalue weighted by molar-refractivity contribution is 8.06. The van der Waals surface area contributed by atoms with E-state index in [0.717, 1.165) is 17.3 Å². The molecule has 1 aromatic carbocycles. The van der Waals surface area contributed by atoms with Crippen molar-refractivity contribution in [1.29, 1.82) is 0 Å². The Morgan fingerprint density at radius 2 is 2.26 bits per heavy atom. The summed E-state index contributed by atoms with van der Waals surface area (Å²) in [5, 5.41) is 13.8. The summed E-state index contributed by atoms with van der Waals surface area (Å²) in [6, 6.07) is 4.08. The molecule has 4 nitrogen and oxygen atoms in total. The van der Waals surface area contributed by atoms with Gasteiger partial charge in [-0.1, -0.05) is 11.2 Å². The maximum Gasteiger partial charge on any atom is 0.264 e. The third kappa shape index (κ3) is 2.57. The first-order chi connectivity index (χ1) is 9.25. The van der Waals surface area contributed by atoms with E-state index >= 15 is 0 Å². The van der Waals surface area contributed by atoms with Crippen LogP contribution in [-0.4, -0.2) is 32.5 Å². The van der Waals surface area contributed by atoms with Crippen molar-refractivity contribution in [3.05, 3.63) is 29.8 Å². The van der Waals surface area contributed by atoms with Crippen LogP contribution in [0.3, 0.4) is 0 Å². The van der Waals surface area contributed by atoms with Crippen LogP contribution < -0.4 is 0 Å². The molecule has 0 amide bonds. The minimum atomic E-state index is -0.569. The molecule has 0 radical (unpaired) electrons. The van der Waals surface area contributed by atoms with Crippen LogP contribution in [0.5, 0.6) is 5.75 Å². The van der Waals surface area contributed by atoms with E-state index in [1.54, 1.807) is 11.8 Å². The second kappa shape index (κ2) is 5.42. The van der Waals surface area contributed by atoms with Gasteiger partial charge in [-0.15, -0.1) is 11.8 Å². The largest absolute Gasteiger partial charge is 0.507 e. The number of aromatic hydroxyl groups is 1. The molecule has 0 bridgehead atoms. The number of benzene rings is 1. The van der Waals surface area contributed by atoms with E-state index in [9.17, 15) is 9.50 Å². The molecular formula is C12H11FN2O2S2. The summed E-state index contributed by atoms with van der Waals surface area (Å²) in [6.45, 7) is 0. The van der Waals surface area contributed by atoms with Crippen molar-refractivity contribution in [3.8, 4) is 17.2 Å². The standard InChI is InChI=1S/C12H11FN2O2S2/c13-7-2-1-3-8(16)10(7)12-14-11(15-17-12)9-6-18-4-5-19-9/h1-3,9,16H,4-6H2. The Bertz CT molecular complexity index is 565. The SMILES string of the molecule is Oc1cccc(F)c1-c1nc(C2CSCCS2)no1. The first-order valence-electron chi connectivity index (χ1n) is 5.76. The topological polar surface area (TPSA) is 59.2 Å². The normalized spacial score (nSPS) is 19.5. The van der Waals surface area contributed by atoms with Gasteiger partial charge in [-0.05, 0) is 12.1 Å². The Hall–Kier alpha value is -1.21. The van der Waals surface area contributed by atoms with E-state index in [1.165, 1.54) is 18.2 Å². The van der Waals surface area contributed by atoms with E-state index in [4.69, 9.17) is 4.52 Å². The van der Waals surface area contributed by atoms with Crippen molar-refractivity contribution in [2.24, 2.45) is 0 Å². The van der Waals surface area contributed by atoms with Crippen molar-refractivity contribution in [2.75, 3.05) is 17.3 Å². The van der Waals surface area contributed by atoms with Gasteiger partial charge in [-0.2, -0.15) is 16.7 Å². The Morgan fingerprint density at radius 3 is 3.00 bits per heavy atom. The molecule has 1 aromatic heterocycles. The first-order valence-corrected chi connectivity index (χ1v) is 7.97. The number of thioether (sulfide) groups is 2. The lowest BCUT2D eigenvalue weighted by Gasteiger charge is -2.16. The number of hydrogen-bond acceptors (Lipinski definition) is 6. The molecule has 7 heteroatoms. The Labute approximate surface area is 117 Å². The van der Waals surface area contributed by atoms with Gasteiger partial charge < -0.3 is 9.63 Å². The van der Waals surface area contributed by atoms with Crippen LogP contribution in [0, 0.1) is 5.82 Å². The lowest BCUT2D eigenvalue weighted by molar-refractivity contribution is 0.414. The zero-order valence-electron chi connectivity index (χ0n) is 9.88. The quantitative estimate of drug-likeness (QED) is 0.919. The summed E-state index contributed by atoms with van der Waals surface area (Å²) in [4.78, 5) is 4.21. The molecule has 2 heterocycles. The van der Waals surface area contributed by atoms with Gasteiger partial charge in [-0.3, -0.25) is 0 Å². The Kier molecular flexibility index (Phi) is 3.65. The minimum absolute atomic E-state index is 0.0294. The monoisotopic (exact) mass is 298 g/mol. The van der Waals surface area contributed by atoms with Gasteiger partial charge >= 0.3 is 0 Å². The van der Waals surface area contributed by atoms with Gasteiger partial charge in [-0.25, -0.2) is 4.39 Å². The molecule has 1 fully saturated rings. The summed E-state index contributed by atoms with van der Waals surface area (Å²) in [7, 11) is 0. The number of hydrogen-bond donors (Lipinski definition) is 1. The van der Waals surface area contributed by atoms with Crippen LogP contribution >= 0.6 is 23.5 Å². The van der Waals surface area contributed by atoms with Crippen LogP contribution in [0.1, 0.15) is 11.1 Å². The fourth-order valence-corrected chi connectivity index (χ4v) is 4.42. The highest BCUT2D eigenvalue weighted by Gasteiger charge is 2.24. The molecule has 3 rings (SSSR count). The number of aromatic nitrogens is 2. The molecule has 19 heavy (non-hydrogen) atoms. The Morgan fingerprint density at radius 1 is 1.37 bits per heavy atom. The lowest BCUT2D eigenvalue weighted by atomic mass is 10.2. The second-order valence-corrected chi connectivity index (χ2v) is 6.49. The molecule has 1 atom stereocenters. The second-order valence-electron chi connectivity index (χ2n) is 4.03. The predicted molar refractivity (Wildman–Crippen MR) is 73.9 cm³/mol. The fraction of sp³-hybridized carbons (Fsp3) is 0.333. The third-order valence-corrected chi connectivity index (χ3v) is 5.50. The van der Waals surface area contributed by atoms with Gasteiger partial charge in [0.2, 0.25) is 0 Å². The third-order valence-electron chi connectivity index (χ3n) is 2.75. The van der Waals surface area contributed by atoms with E-state index in [0.29, 0.717) is 5.82 Å². The number of halogens is 1. The lowest BCUT2D eigenvalue weighted by Crippen LogP contribution is -2.07. The van der Waals surface area contributed by atoms with Gasteiger partial charge in [0.05, 0.1) is 5.25 Å². The molecular weight excluding hydrogens is 287 g/mol. The minimum Gasteiger partial charge on any atom is -0.507 e. The van der Waals surface area contributed by atoms with Gasteiger partial charge in [0, 0.05) is 17.3 Å². The van der Waals surface area contributed by atoms with Crippen LogP contribution in [-0.2, 0) is 0 Å². The van der Waals surface area contributed by atoms with Gasteiger partial charge in [0.1, 0.15) is 17.1 Å². The average molecular weight is 298 g/mol. The molecule has 0 spiro atoms. The average Bonchev–Trinajstić information content (AvgIpc) is 2.89. The van der Waals surface area contributed by atoms with Crippen LogP contribution in [0.15, 0.2) is 22.7 Å². The molecule has 0 saturated carbocycles. The molecule has 2 aromatic rings. The van der Waals surface area contributed by atoms with E-state index in [1.807, 2.05) is 11.8 Å². The molecule has 1 aliphatic heterocycles. The maximum absolute atomic E-state index is 13.7. The summed E-state index contributed by atoms with van der Waals surface area (Å²) in [5.41, 5.74) is -0.0327. The number of rotatable bonds is 2. The molecule has 1 N–H and O–H groups in total. The summed E-state index contributed by atoms with van der Waals surface area (Å²) in [6.07, 6.45) is 0. The van der Waals surface area contributed by atoms with Crippen molar-refractivity contribution >= 4 is 23.5 Å². The van der Waals surface area contributed by atoms with Crippen molar-refractivity contribution < 1.29 is 14.0 Å². The zero-order chi connectivity index (χ0) is 13.2. The van der Waals surface area contributed by atoms with Crippen molar-refractivity contribution in [1.82, 2.24) is 10.1 Å². The summed E-state index contributed by atoms with van der Waals surface area (Å²) >= 11 is 3.61. The predicted octanol–water partition coefficient (Wildman–Crippen LogP) is 3.10. The van der Waals surface area contributed by atoms with Crippen LogP contribution in [0.4, 0.5) is 4.39 Å². The van der Waals surface area contributed by atoms with E-state index in [2.05, 4.69) is 10.1 Å². The highest BCUT2D eigenvalue weighted by Crippen LogP contribution is 2.37. The number of phenolic OH excluding ortho intramolecular Hbond substituents is 1. The zero-order valence-corrected chi connectivity index (χ0v) is 11.5. The first kappa shape index (κ1) is 12.8. The van der Waals surface area contributed by atoms with Crippen molar-refractivity contribution in [3.63, 3.8) is 0 Å². The fourth-order valence-electron chi connectivity index (χ4n) is 1.83. The molecule has 1 aliphatic rings. The molecule has 0 aliphatic carbocycles. The highest BCUT2D eigenvalue weighted by atomic mass is 32.2. The number of phenols is 1. The van der Waals surface area contributed by atoms with E-state index < -0.39 is 5.82 Å². The van der Waals surface area contributed by atoms with Gasteiger partial charge in [0.15, 0.2) is 5.82 Å². The summed E-state index contributed by atoms with van der Waals surface area (Å²) in [5.74, 6) is 2.93. The van der Waals surface area contributed by atoms with E-state index in [-0.39, 0.29) is 22.5 Å². The molecule has 1 unspecified atom stereocenters. The number of nitrogens with zero attached hydrogens (tertiary/aromatic N) is 2. The van der Waals surface area contributed by atoms with Gasteiger partial charge in [0.25, 0.3) is 5.89 Å². The maximum atomic E-state index is 13.7. The van der Waals surface area contributed by atoms with Crippen molar-refractivity contribution in [2.45, 2.75) is 5.25 Å². The molecule has 1 saturated heterocycles. The van der Waals surface area contributed by atoms with Crippen LogP contribution in [0.25, 0.3) is 11.5 Å². The Balaban J connectivity index is 1.92. The molecule has 100 valence electrons. The smallest absolute Gasteiger partial charge is 0.264 e. The summed E-state index contributed by atoms with van der Waals surface area (Å²) < 4.78 is 18.8.